The van der Waals surface area contributed by atoms with Crippen molar-refractivity contribution in [2.24, 2.45) is 0 Å². The van der Waals surface area contributed by atoms with Gasteiger partial charge in [0.25, 0.3) is 5.16 Å². The first kappa shape index (κ1) is 16.5. The van der Waals surface area contributed by atoms with Crippen LogP contribution in [-0.2, 0) is 24.2 Å². The summed E-state index contributed by atoms with van der Waals surface area (Å²) in [5, 5.41) is 16.7. The summed E-state index contributed by atoms with van der Waals surface area (Å²) in [4.78, 5) is 22.1. The van der Waals surface area contributed by atoms with Gasteiger partial charge in [-0.25, -0.2) is 8.42 Å². The molecule has 122 valence electrons. The van der Waals surface area contributed by atoms with Gasteiger partial charge in [-0.1, -0.05) is 23.3 Å². The van der Waals surface area contributed by atoms with Gasteiger partial charge in [0.1, 0.15) is 6.61 Å². The predicted molar refractivity (Wildman–Crippen MR) is 74.4 cm³/mol. The van der Waals surface area contributed by atoms with Crippen molar-refractivity contribution in [1.29, 1.82) is 0 Å². The second-order valence-electron chi connectivity index (χ2n) is 4.38. The molecule has 11 heteroatoms. The van der Waals surface area contributed by atoms with E-state index in [-0.39, 0.29) is 0 Å². The van der Waals surface area contributed by atoms with Gasteiger partial charge in [-0.2, -0.15) is 4.68 Å². The molecule has 0 bridgehead atoms. The Hall–Kier alpha value is -2.82. The lowest BCUT2D eigenvalue weighted by molar-refractivity contribution is -0.144. The summed E-state index contributed by atoms with van der Waals surface area (Å²) >= 11 is 0. The number of ether oxygens (including phenoxy) is 1. The number of carbonyl (C=O) groups is 2. The summed E-state index contributed by atoms with van der Waals surface area (Å²) in [5.74, 6) is -2.47. The summed E-state index contributed by atoms with van der Waals surface area (Å²) in [5.41, 5.74) is 0.340. The fraction of sp³-hybridized carbons (Fsp3) is 0.250. The third-order valence-corrected chi connectivity index (χ3v) is 4.63. The average Bonchev–Trinajstić information content (AvgIpc) is 2.97. The molecule has 0 aliphatic carbocycles. The van der Waals surface area contributed by atoms with E-state index in [0.29, 0.717) is 5.69 Å². The Kier molecular flexibility index (Phi) is 4.69. The van der Waals surface area contributed by atoms with Crippen LogP contribution in [0.3, 0.4) is 0 Å². The summed E-state index contributed by atoms with van der Waals surface area (Å²) in [6, 6.07) is 8.10. The monoisotopic (exact) mass is 340 g/mol. The van der Waals surface area contributed by atoms with Crippen LogP contribution in [0.1, 0.15) is 6.92 Å². The Morgan fingerprint density at radius 3 is 2.52 bits per heavy atom. The zero-order chi connectivity index (χ0) is 17.0. The summed E-state index contributed by atoms with van der Waals surface area (Å²) in [6.07, 6.45) is 0. The number of carboxylic acids is 1. The predicted octanol–water partition coefficient (Wildman–Crippen LogP) is -0.548. The van der Waals surface area contributed by atoms with Gasteiger partial charge in [0.15, 0.2) is 5.25 Å². The molecule has 23 heavy (non-hydrogen) atoms. The van der Waals surface area contributed by atoms with E-state index in [0.717, 1.165) is 11.6 Å². The van der Waals surface area contributed by atoms with Gasteiger partial charge in [-0.3, -0.25) is 9.59 Å². The first-order valence-corrected chi connectivity index (χ1v) is 7.82. The molecule has 0 aliphatic heterocycles. The fourth-order valence-corrected chi connectivity index (χ4v) is 3.00. The minimum Gasteiger partial charge on any atom is -0.480 e. The van der Waals surface area contributed by atoms with Crippen molar-refractivity contribution in [3.8, 4) is 5.69 Å². The summed E-state index contributed by atoms with van der Waals surface area (Å²) in [7, 11) is -4.48. The first-order chi connectivity index (χ1) is 10.8. The van der Waals surface area contributed by atoms with Crippen molar-refractivity contribution in [2.75, 3.05) is 6.61 Å². The zero-order valence-electron chi connectivity index (χ0n) is 11.9. The minimum absolute atomic E-state index is 0.340. The lowest BCUT2D eigenvalue weighted by Crippen LogP contribution is -2.36. The molecule has 2 aromatic rings. The smallest absolute Gasteiger partial charge is 0.326 e. The van der Waals surface area contributed by atoms with Crippen LogP contribution in [0.5, 0.6) is 0 Å². The van der Waals surface area contributed by atoms with E-state index in [1.165, 1.54) is 0 Å². The molecule has 0 spiro atoms. The van der Waals surface area contributed by atoms with E-state index < -0.39 is 38.8 Å². The van der Waals surface area contributed by atoms with Crippen LogP contribution in [0.2, 0.25) is 0 Å². The molecule has 0 aliphatic rings. The highest BCUT2D eigenvalue weighted by molar-refractivity contribution is 7.92. The largest absolute Gasteiger partial charge is 0.480 e. The molecular formula is C12H12N4O6S. The number of aliphatic carboxylic acids is 1. The number of esters is 1. The quantitative estimate of drug-likeness (QED) is 0.685. The van der Waals surface area contributed by atoms with E-state index in [4.69, 9.17) is 5.11 Å². The number of hydrogen-bond acceptors (Lipinski definition) is 8. The third-order valence-electron chi connectivity index (χ3n) is 2.78. The SMILES string of the molecule is CC(=O)OCC(C(=O)O)S(=O)(=O)c1nnnn1-c1ccccc1. The molecule has 1 aromatic carbocycles. The van der Waals surface area contributed by atoms with Gasteiger partial charge in [-0.05, 0) is 22.6 Å². The van der Waals surface area contributed by atoms with Crippen LogP contribution >= 0.6 is 0 Å². The van der Waals surface area contributed by atoms with Crippen LogP contribution in [0.4, 0.5) is 0 Å². The maximum atomic E-state index is 12.5. The van der Waals surface area contributed by atoms with E-state index in [2.05, 4.69) is 20.3 Å². The number of para-hydroxylation sites is 1. The maximum Gasteiger partial charge on any atom is 0.326 e. The van der Waals surface area contributed by atoms with Crippen LogP contribution < -0.4 is 0 Å². The second kappa shape index (κ2) is 6.52. The molecule has 1 unspecified atom stereocenters. The highest BCUT2D eigenvalue weighted by Crippen LogP contribution is 2.17. The fourth-order valence-electron chi connectivity index (χ4n) is 1.70. The minimum atomic E-state index is -4.48. The lowest BCUT2D eigenvalue weighted by Gasteiger charge is -2.12. The molecule has 1 aromatic heterocycles. The number of nitrogens with zero attached hydrogens (tertiary/aromatic N) is 4. The Balaban J connectivity index is 2.45. The van der Waals surface area contributed by atoms with E-state index in [9.17, 15) is 18.0 Å². The molecule has 1 heterocycles. The standard InChI is InChI=1S/C12H12N4O6S/c1-8(17)22-7-10(11(18)19)23(20,21)12-13-14-15-16(12)9-5-3-2-4-6-9/h2-6,10H,7H2,1H3,(H,18,19). The zero-order valence-corrected chi connectivity index (χ0v) is 12.7. The van der Waals surface area contributed by atoms with E-state index >= 15 is 0 Å². The lowest BCUT2D eigenvalue weighted by atomic mass is 10.3. The van der Waals surface area contributed by atoms with Crippen molar-refractivity contribution in [1.82, 2.24) is 20.2 Å². The van der Waals surface area contributed by atoms with E-state index in [1.807, 2.05) is 0 Å². The van der Waals surface area contributed by atoms with Crippen molar-refractivity contribution in [3.63, 3.8) is 0 Å². The topological polar surface area (TPSA) is 141 Å². The average molecular weight is 340 g/mol. The molecule has 0 saturated heterocycles. The number of carboxylic acid groups (broad SMARTS) is 1. The molecule has 0 saturated carbocycles. The maximum absolute atomic E-state index is 12.5. The van der Waals surface area contributed by atoms with Crippen LogP contribution in [0.25, 0.3) is 5.69 Å². The number of aromatic nitrogens is 4. The number of rotatable bonds is 6. The number of tetrazole rings is 1. The van der Waals surface area contributed by atoms with Gasteiger partial charge < -0.3 is 9.84 Å². The second-order valence-corrected chi connectivity index (χ2v) is 6.41. The summed E-state index contributed by atoms with van der Waals surface area (Å²) in [6.45, 7) is 0.203. The van der Waals surface area contributed by atoms with E-state index in [1.54, 1.807) is 30.3 Å². The van der Waals surface area contributed by atoms with Gasteiger partial charge >= 0.3 is 11.9 Å². The van der Waals surface area contributed by atoms with Crippen molar-refractivity contribution >= 4 is 21.8 Å². The molecule has 1 N–H and O–H groups in total. The highest BCUT2D eigenvalue weighted by Gasteiger charge is 2.39. The number of hydrogen-bond donors (Lipinski definition) is 1. The number of benzene rings is 1. The van der Waals surface area contributed by atoms with Crippen molar-refractivity contribution in [3.05, 3.63) is 30.3 Å². The van der Waals surface area contributed by atoms with Crippen LogP contribution in [-0.4, -0.2) is 57.5 Å². The van der Waals surface area contributed by atoms with Crippen molar-refractivity contribution in [2.45, 2.75) is 17.3 Å². The van der Waals surface area contributed by atoms with Gasteiger partial charge in [-0.15, -0.1) is 0 Å². The summed E-state index contributed by atoms with van der Waals surface area (Å²) < 4.78 is 30.4. The first-order valence-electron chi connectivity index (χ1n) is 6.28. The molecule has 2 rings (SSSR count). The Labute approximate surface area is 130 Å². The Bertz CT molecular complexity index is 817. The molecule has 0 radical (unpaired) electrons. The normalized spacial score (nSPS) is 12.6. The van der Waals surface area contributed by atoms with Gasteiger partial charge in [0.05, 0.1) is 5.69 Å². The molecule has 0 amide bonds. The number of carbonyl (C=O) groups excluding carboxylic acids is 1. The molecular weight excluding hydrogens is 328 g/mol. The molecule has 1 atom stereocenters. The molecule has 10 nitrogen and oxygen atoms in total. The van der Waals surface area contributed by atoms with Crippen LogP contribution in [0.15, 0.2) is 35.5 Å². The van der Waals surface area contributed by atoms with Crippen LogP contribution in [0, 0.1) is 0 Å². The number of sulfone groups is 1. The highest BCUT2D eigenvalue weighted by atomic mass is 32.2. The Morgan fingerprint density at radius 1 is 1.30 bits per heavy atom. The molecule has 0 fully saturated rings. The van der Waals surface area contributed by atoms with Gasteiger partial charge in [0.2, 0.25) is 9.84 Å². The van der Waals surface area contributed by atoms with Crippen molar-refractivity contribution < 1.29 is 27.9 Å². The Morgan fingerprint density at radius 2 is 1.96 bits per heavy atom. The van der Waals surface area contributed by atoms with Gasteiger partial charge in [0, 0.05) is 6.92 Å². The third kappa shape index (κ3) is 3.51.